The third-order valence-corrected chi connectivity index (χ3v) is 4.85. The molecule has 0 saturated heterocycles. The Labute approximate surface area is 137 Å². The van der Waals surface area contributed by atoms with Gasteiger partial charge in [0.15, 0.2) is 9.84 Å². The van der Waals surface area contributed by atoms with E-state index in [1.807, 2.05) is 25.1 Å². The second-order valence-electron chi connectivity index (χ2n) is 5.92. The number of para-hydroxylation sites is 1. The van der Waals surface area contributed by atoms with Gasteiger partial charge in [-0.2, -0.15) is 0 Å². The normalized spacial score (nSPS) is 11.5. The lowest BCUT2D eigenvalue weighted by atomic mass is 9.98. The van der Waals surface area contributed by atoms with Crippen molar-refractivity contribution < 1.29 is 13.2 Å². The van der Waals surface area contributed by atoms with Gasteiger partial charge in [-0.1, -0.05) is 44.2 Å². The summed E-state index contributed by atoms with van der Waals surface area (Å²) in [5, 5.41) is 2.89. The van der Waals surface area contributed by atoms with Crippen LogP contribution >= 0.6 is 0 Å². The minimum absolute atomic E-state index is 0.0391. The van der Waals surface area contributed by atoms with Gasteiger partial charge >= 0.3 is 0 Å². The molecule has 2 aromatic rings. The summed E-state index contributed by atoms with van der Waals surface area (Å²) in [6.07, 6.45) is 1.10. The number of amides is 1. The molecule has 0 saturated carbocycles. The SMILES string of the molecule is Cc1cccc(C(C)C)c1NC(=O)c1ccccc1S(C)(=O)=O. The number of hydrogen-bond acceptors (Lipinski definition) is 3. The number of rotatable bonds is 4. The highest BCUT2D eigenvalue weighted by Crippen LogP contribution is 2.28. The number of sulfone groups is 1. The van der Waals surface area contributed by atoms with Crippen molar-refractivity contribution in [2.24, 2.45) is 0 Å². The highest BCUT2D eigenvalue weighted by Gasteiger charge is 2.20. The monoisotopic (exact) mass is 331 g/mol. The molecule has 0 unspecified atom stereocenters. The highest BCUT2D eigenvalue weighted by molar-refractivity contribution is 7.90. The van der Waals surface area contributed by atoms with Gasteiger partial charge in [-0.15, -0.1) is 0 Å². The predicted molar refractivity (Wildman–Crippen MR) is 92.8 cm³/mol. The Morgan fingerprint density at radius 3 is 2.30 bits per heavy atom. The summed E-state index contributed by atoms with van der Waals surface area (Å²) in [6.45, 7) is 6.02. The molecule has 0 spiro atoms. The average molecular weight is 331 g/mol. The van der Waals surface area contributed by atoms with Crippen LogP contribution in [0.3, 0.4) is 0 Å². The summed E-state index contributed by atoms with van der Waals surface area (Å²) in [6, 6.07) is 12.1. The lowest BCUT2D eigenvalue weighted by molar-refractivity contribution is 0.102. The molecule has 0 aliphatic carbocycles. The van der Waals surface area contributed by atoms with Crippen molar-refractivity contribution >= 4 is 21.4 Å². The Balaban J connectivity index is 2.47. The zero-order chi connectivity index (χ0) is 17.2. The van der Waals surface area contributed by atoms with Crippen molar-refractivity contribution in [3.05, 3.63) is 59.2 Å². The van der Waals surface area contributed by atoms with E-state index in [2.05, 4.69) is 19.2 Å². The smallest absolute Gasteiger partial charge is 0.257 e. The first-order chi connectivity index (χ1) is 10.7. The summed E-state index contributed by atoms with van der Waals surface area (Å²) < 4.78 is 23.7. The van der Waals surface area contributed by atoms with Crippen molar-refractivity contribution in [3.63, 3.8) is 0 Å². The Bertz CT molecular complexity index is 839. The summed E-state index contributed by atoms with van der Waals surface area (Å²) in [5.74, 6) is -0.169. The maximum absolute atomic E-state index is 12.6. The molecule has 4 nitrogen and oxygen atoms in total. The Morgan fingerprint density at radius 2 is 1.70 bits per heavy atom. The molecule has 0 radical (unpaired) electrons. The number of hydrogen-bond donors (Lipinski definition) is 1. The van der Waals surface area contributed by atoms with Gasteiger partial charge < -0.3 is 5.32 Å². The van der Waals surface area contributed by atoms with E-state index in [0.29, 0.717) is 0 Å². The summed E-state index contributed by atoms with van der Waals surface area (Å²) in [5.41, 5.74) is 2.88. The molecule has 2 rings (SSSR count). The van der Waals surface area contributed by atoms with Gasteiger partial charge in [0.25, 0.3) is 5.91 Å². The topological polar surface area (TPSA) is 63.2 Å². The van der Waals surface area contributed by atoms with Crippen LogP contribution in [-0.2, 0) is 9.84 Å². The first kappa shape index (κ1) is 17.2. The Morgan fingerprint density at radius 1 is 1.04 bits per heavy atom. The van der Waals surface area contributed by atoms with E-state index < -0.39 is 15.7 Å². The third-order valence-electron chi connectivity index (χ3n) is 3.70. The van der Waals surface area contributed by atoms with Crippen LogP contribution in [0.15, 0.2) is 47.4 Å². The van der Waals surface area contributed by atoms with Gasteiger partial charge in [-0.25, -0.2) is 8.42 Å². The molecule has 0 aromatic heterocycles. The first-order valence-corrected chi connectivity index (χ1v) is 9.31. The lowest BCUT2D eigenvalue weighted by Gasteiger charge is -2.17. The van der Waals surface area contributed by atoms with Crippen LogP contribution in [-0.4, -0.2) is 20.6 Å². The van der Waals surface area contributed by atoms with Crippen molar-refractivity contribution in [2.45, 2.75) is 31.6 Å². The van der Waals surface area contributed by atoms with E-state index in [1.165, 1.54) is 12.1 Å². The van der Waals surface area contributed by atoms with Crippen LogP contribution < -0.4 is 5.32 Å². The van der Waals surface area contributed by atoms with Crippen molar-refractivity contribution in [2.75, 3.05) is 11.6 Å². The van der Waals surface area contributed by atoms with Gasteiger partial charge in [0.05, 0.1) is 10.5 Å². The number of carbonyl (C=O) groups excluding carboxylic acids is 1. The predicted octanol–water partition coefficient (Wildman–Crippen LogP) is 3.77. The van der Waals surface area contributed by atoms with E-state index in [1.54, 1.807) is 12.1 Å². The van der Waals surface area contributed by atoms with Crippen LogP contribution in [0.25, 0.3) is 0 Å². The fourth-order valence-electron chi connectivity index (χ4n) is 2.50. The highest BCUT2D eigenvalue weighted by atomic mass is 32.2. The van der Waals surface area contributed by atoms with E-state index in [4.69, 9.17) is 0 Å². The van der Waals surface area contributed by atoms with Crippen LogP contribution in [0.5, 0.6) is 0 Å². The molecular formula is C18H21NO3S. The first-order valence-electron chi connectivity index (χ1n) is 7.41. The number of aryl methyl sites for hydroxylation is 1. The molecule has 1 N–H and O–H groups in total. The number of benzene rings is 2. The maximum atomic E-state index is 12.6. The molecule has 0 atom stereocenters. The van der Waals surface area contributed by atoms with Crippen LogP contribution in [0.2, 0.25) is 0 Å². The summed E-state index contributed by atoms with van der Waals surface area (Å²) in [4.78, 5) is 12.7. The zero-order valence-electron chi connectivity index (χ0n) is 13.8. The van der Waals surface area contributed by atoms with E-state index in [0.717, 1.165) is 23.1 Å². The number of carbonyl (C=O) groups is 1. The average Bonchev–Trinajstić information content (AvgIpc) is 2.48. The minimum atomic E-state index is -3.47. The second-order valence-corrected chi connectivity index (χ2v) is 7.90. The fourth-order valence-corrected chi connectivity index (χ4v) is 3.39. The maximum Gasteiger partial charge on any atom is 0.257 e. The molecule has 0 heterocycles. The van der Waals surface area contributed by atoms with Gasteiger partial charge in [0.1, 0.15) is 0 Å². The Kier molecular flexibility index (Phi) is 4.90. The number of anilines is 1. The van der Waals surface area contributed by atoms with Gasteiger partial charge in [-0.05, 0) is 36.1 Å². The lowest BCUT2D eigenvalue weighted by Crippen LogP contribution is -2.18. The molecule has 1 amide bonds. The standard InChI is InChI=1S/C18H21NO3S/c1-12(2)14-10-7-8-13(3)17(14)19-18(20)15-9-5-6-11-16(15)23(4,21)22/h5-12H,1-4H3,(H,19,20). The molecule has 2 aromatic carbocycles. The zero-order valence-corrected chi connectivity index (χ0v) is 14.6. The molecule has 0 bridgehead atoms. The van der Waals surface area contributed by atoms with Crippen molar-refractivity contribution in [1.29, 1.82) is 0 Å². The second kappa shape index (κ2) is 6.54. The molecular weight excluding hydrogens is 310 g/mol. The van der Waals surface area contributed by atoms with Crippen LogP contribution in [0.4, 0.5) is 5.69 Å². The van der Waals surface area contributed by atoms with E-state index in [-0.39, 0.29) is 16.4 Å². The summed E-state index contributed by atoms with van der Waals surface area (Å²) in [7, 11) is -3.47. The summed E-state index contributed by atoms with van der Waals surface area (Å²) >= 11 is 0. The van der Waals surface area contributed by atoms with E-state index in [9.17, 15) is 13.2 Å². The van der Waals surface area contributed by atoms with Crippen LogP contribution in [0.1, 0.15) is 41.3 Å². The molecule has 0 aliphatic rings. The fraction of sp³-hybridized carbons (Fsp3) is 0.278. The van der Waals surface area contributed by atoms with Gasteiger partial charge in [0.2, 0.25) is 0 Å². The van der Waals surface area contributed by atoms with Crippen molar-refractivity contribution in [3.8, 4) is 0 Å². The molecule has 5 heteroatoms. The third kappa shape index (κ3) is 3.79. The molecule has 0 aliphatic heterocycles. The van der Waals surface area contributed by atoms with E-state index >= 15 is 0 Å². The Hall–Kier alpha value is -2.14. The van der Waals surface area contributed by atoms with Gasteiger partial charge in [-0.3, -0.25) is 4.79 Å². The minimum Gasteiger partial charge on any atom is -0.321 e. The number of nitrogens with one attached hydrogen (secondary N) is 1. The molecule has 23 heavy (non-hydrogen) atoms. The van der Waals surface area contributed by atoms with Crippen LogP contribution in [0, 0.1) is 6.92 Å². The quantitative estimate of drug-likeness (QED) is 0.927. The van der Waals surface area contributed by atoms with Gasteiger partial charge in [0, 0.05) is 11.9 Å². The largest absolute Gasteiger partial charge is 0.321 e. The molecule has 0 fully saturated rings. The molecule has 122 valence electrons. The van der Waals surface area contributed by atoms with Crippen molar-refractivity contribution in [1.82, 2.24) is 0 Å².